The number of rotatable bonds is 7. The van der Waals surface area contributed by atoms with Gasteiger partial charge < -0.3 is 10.1 Å². The van der Waals surface area contributed by atoms with Crippen LogP contribution in [0.15, 0.2) is 18.2 Å². The van der Waals surface area contributed by atoms with Crippen LogP contribution in [0, 0.1) is 5.82 Å². The lowest BCUT2D eigenvalue weighted by molar-refractivity contribution is -0.0376. The summed E-state index contributed by atoms with van der Waals surface area (Å²) in [6, 6.07) is 4.66. The third kappa shape index (κ3) is 4.75. The summed E-state index contributed by atoms with van der Waals surface area (Å²) < 4.78 is 18.9. The molecule has 1 N–H and O–H groups in total. The lowest BCUT2D eigenvalue weighted by Gasteiger charge is -2.35. The molecule has 0 bridgehead atoms. The topological polar surface area (TPSA) is 21.3 Å². The van der Waals surface area contributed by atoms with Gasteiger partial charge in [0.1, 0.15) is 5.82 Å². The molecule has 0 saturated heterocycles. The van der Waals surface area contributed by atoms with Crippen LogP contribution in [0.2, 0.25) is 5.02 Å². The summed E-state index contributed by atoms with van der Waals surface area (Å²) >= 11 is 6.09. The molecule has 0 fully saturated rings. The maximum absolute atomic E-state index is 13.1. The summed E-state index contributed by atoms with van der Waals surface area (Å²) in [5, 5.41) is 3.89. The van der Waals surface area contributed by atoms with Crippen molar-refractivity contribution in [1.82, 2.24) is 5.32 Å². The summed E-state index contributed by atoms with van der Waals surface area (Å²) in [6.07, 6.45) is 0.708. The van der Waals surface area contributed by atoms with Crippen molar-refractivity contribution >= 4 is 11.6 Å². The maximum atomic E-state index is 13.1. The first-order valence-corrected chi connectivity index (χ1v) is 7.09. The van der Waals surface area contributed by atoms with E-state index in [0.29, 0.717) is 18.1 Å². The molecule has 1 rings (SSSR count). The molecule has 1 aromatic rings. The highest BCUT2D eigenvalue weighted by atomic mass is 35.5. The zero-order chi connectivity index (χ0) is 14.5. The van der Waals surface area contributed by atoms with Crippen LogP contribution in [-0.2, 0) is 11.2 Å². The molecule has 0 spiro atoms. The first kappa shape index (κ1) is 16.4. The van der Waals surface area contributed by atoms with Gasteiger partial charge in [0.05, 0.1) is 5.60 Å². The van der Waals surface area contributed by atoms with Gasteiger partial charge in [-0.15, -0.1) is 0 Å². The Bertz CT molecular complexity index is 409. The van der Waals surface area contributed by atoms with Gasteiger partial charge in [0.25, 0.3) is 0 Å². The summed E-state index contributed by atoms with van der Waals surface area (Å²) in [4.78, 5) is 0. The molecule has 0 aliphatic heterocycles. The number of ether oxygens (including phenoxy) is 1. The highest BCUT2D eigenvalue weighted by Gasteiger charge is 2.29. The molecule has 108 valence electrons. The second-order valence-corrected chi connectivity index (χ2v) is 5.49. The number of nitrogens with one attached hydrogen (secondary N) is 1. The van der Waals surface area contributed by atoms with Crippen LogP contribution < -0.4 is 5.32 Å². The zero-order valence-electron chi connectivity index (χ0n) is 12.1. The molecule has 1 aromatic carbocycles. The molecule has 0 aromatic heterocycles. The minimum Gasteiger partial charge on any atom is -0.374 e. The monoisotopic (exact) mass is 287 g/mol. The number of likely N-dealkylation sites (N-methyl/N-ethyl adjacent to an activating group) is 1. The van der Waals surface area contributed by atoms with E-state index in [1.165, 1.54) is 12.1 Å². The minimum atomic E-state index is -0.308. The van der Waals surface area contributed by atoms with E-state index in [4.69, 9.17) is 16.3 Å². The van der Waals surface area contributed by atoms with Crippen LogP contribution in [-0.4, -0.2) is 24.8 Å². The third-order valence-electron chi connectivity index (χ3n) is 3.25. The zero-order valence-corrected chi connectivity index (χ0v) is 12.9. The van der Waals surface area contributed by atoms with E-state index in [2.05, 4.69) is 26.1 Å². The summed E-state index contributed by atoms with van der Waals surface area (Å²) in [7, 11) is 0. The smallest absolute Gasteiger partial charge is 0.124 e. The van der Waals surface area contributed by atoms with Gasteiger partial charge in [0, 0.05) is 17.7 Å². The van der Waals surface area contributed by atoms with Crippen LogP contribution in [0.3, 0.4) is 0 Å². The lowest BCUT2D eigenvalue weighted by Crippen LogP contribution is -2.50. The third-order valence-corrected chi connectivity index (χ3v) is 3.60. The van der Waals surface area contributed by atoms with E-state index in [0.717, 1.165) is 12.1 Å². The molecule has 1 atom stereocenters. The van der Waals surface area contributed by atoms with Gasteiger partial charge in [-0.1, -0.05) is 24.6 Å². The highest BCUT2D eigenvalue weighted by molar-refractivity contribution is 6.31. The van der Waals surface area contributed by atoms with E-state index in [1.807, 2.05) is 6.92 Å². The predicted molar refractivity (Wildman–Crippen MR) is 78.3 cm³/mol. The van der Waals surface area contributed by atoms with Crippen LogP contribution >= 0.6 is 11.6 Å². The molecule has 0 saturated carbocycles. The highest BCUT2D eigenvalue weighted by Crippen LogP contribution is 2.24. The fourth-order valence-electron chi connectivity index (χ4n) is 2.19. The second kappa shape index (κ2) is 7.22. The normalized spacial score (nSPS) is 13.6. The number of hydrogen-bond acceptors (Lipinski definition) is 2. The van der Waals surface area contributed by atoms with Crippen molar-refractivity contribution in [3.8, 4) is 0 Å². The standard InChI is InChI=1S/C15H23ClFNO/c1-5-18-14(15(3,4)19-6-2)9-11-7-8-12(17)10-13(11)16/h7-8,10,14,18H,5-6,9H2,1-4H3. The number of benzene rings is 1. The summed E-state index contributed by atoms with van der Waals surface area (Å²) in [5.41, 5.74) is 0.629. The Morgan fingerprint density at radius 1 is 1.37 bits per heavy atom. The molecule has 0 radical (unpaired) electrons. The van der Waals surface area contributed by atoms with Crippen LogP contribution in [0.25, 0.3) is 0 Å². The van der Waals surface area contributed by atoms with Crippen molar-refractivity contribution in [3.63, 3.8) is 0 Å². The summed E-state index contributed by atoms with van der Waals surface area (Å²) in [6.45, 7) is 9.66. The quantitative estimate of drug-likeness (QED) is 0.823. The first-order chi connectivity index (χ1) is 8.90. The average molecular weight is 288 g/mol. The van der Waals surface area contributed by atoms with E-state index in [-0.39, 0.29) is 17.5 Å². The molecule has 0 aliphatic carbocycles. The van der Waals surface area contributed by atoms with E-state index >= 15 is 0 Å². The molecular weight excluding hydrogens is 265 g/mol. The second-order valence-electron chi connectivity index (χ2n) is 5.09. The van der Waals surface area contributed by atoms with Gasteiger partial charge in [-0.3, -0.25) is 0 Å². The molecular formula is C15H23ClFNO. The lowest BCUT2D eigenvalue weighted by atomic mass is 9.92. The molecule has 2 nitrogen and oxygen atoms in total. The molecule has 19 heavy (non-hydrogen) atoms. The van der Waals surface area contributed by atoms with E-state index in [9.17, 15) is 4.39 Å². The number of hydrogen-bond donors (Lipinski definition) is 1. The fraction of sp³-hybridized carbons (Fsp3) is 0.600. The predicted octanol–water partition coefficient (Wildman–Crippen LogP) is 3.81. The van der Waals surface area contributed by atoms with Crippen LogP contribution in [0.4, 0.5) is 4.39 Å². The van der Waals surface area contributed by atoms with E-state index in [1.54, 1.807) is 6.07 Å². The van der Waals surface area contributed by atoms with Gasteiger partial charge in [0.15, 0.2) is 0 Å². The van der Waals surface area contributed by atoms with Gasteiger partial charge >= 0.3 is 0 Å². The molecule has 1 unspecified atom stereocenters. The largest absolute Gasteiger partial charge is 0.374 e. The molecule has 4 heteroatoms. The van der Waals surface area contributed by atoms with Crippen LogP contribution in [0.1, 0.15) is 33.3 Å². The van der Waals surface area contributed by atoms with Crippen molar-refractivity contribution in [2.24, 2.45) is 0 Å². The Balaban J connectivity index is 2.89. The number of halogens is 2. The Morgan fingerprint density at radius 3 is 2.58 bits per heavy atom. The Morgan fingerprint density at radius 2 is 2.05 bits per heavy atom. The molecule has 0 amide bonds. The average Bonchev–Trinajstić information content (AvgIpc) is 2.31. The van der Waals surface area contributed by atoms with Gasteiger partial charge in [-0.25, -0.2) is 4.39 Å². The Kier molecular flexibility index (Phi) is 6.24. The van der Waals surface area contributed by atoms with Gasteiger partial charge in [-0.05, 0) is 51.4 Å². The van der Waals surface area contributed by atoms with E-state index < -0.39 is 0 Å². The van der Waals surface area contributed by atoms with Crippen molar-refractivity contribution in [1.29, 1.82) is 0 Å². The van der Waals surface area contributed by atoms with Crippen molar-refractivity contribution in [2.75, 3.05) is 13.2 Å². The Labute approximate surface area is 120 Å². The van der Waals surface area contributed by atoms with Gasteiger partial charge in [0.2, 0.25) is 0 Å². The van der Waals surface area contributed by atoms with Gasteiger partial charge in [-0.2, -0.15) is 0 Å². The first-order valence-electron chi connectivity index (χ1n) is 6.72. The molecule has 0 aliphatic rings. The van der Waals surface area contributed by atoms with Crippen molar-refractivity contribution in [3.05, 3.63) is 34.6 Å². The molecule has 0 heterocycles. The van der Waals surface area contributed by atoms with Crippen molar-refractivity contribution in [2.45, 2.75) is 45.8 Å². The van der Waals surface area contributed by atoms with Crippen molar-refractivity contribution < 1.29 is 9.13 Å². The fourth-order valence-corrected chi connectivity index (χ4v) is 2.43. The minimum absolute atomic E-state index is 0.125. The summed E-state index contributed by atoms with van der Waals surface area (Å²) in [5.74, 6) is -0.308. The maximum Gasteiger partial charge on any atom is 0.124 e. The SMILES string of the molecule is CCNC(Cc1ccc(F)cc1Cl)C(C)(C)OCC. The Hall–Kier alpha value is -0.640. The van der Waals surface area contributed by atoms with Crippen LogP contribution in [0.5, 0.6) is 0 Å².